The molecule has 2 aliphatic rings. The zero-order valence-electron chi connectivity index (χ0n) is 29.0. The van der Waals surface area contributed by atoms with E-state index in [2.05, 4.69) is 26.0 Å². The number of rotatable bonds is 15. The van der Waals surface area contributed by atoms with Gasteiger partial charge in [0.2, 0.25) is 5.91 Å². The summed E-state index contributed by atoms with van der Waals surface area (Å²) in [4.78, 5) is 50.1. The standard InChI is InChI=1S/C38H36ClN7O8/c39-24-7-9-25(10-8-24)42-30-22-32(35-34-33(30)36(47)27-5-1-2-6-28(27)37(34)54-43-35)44-17-13-23(14-18-44)38(48)41-16-4-20-53-19-3-15-40-29-12-11-26(45(49)50)21-31(29)46(51)52/h1-2,5-12,21-23,40,42H,3-4,13-20H2,(H,41,48). The van der Waals surface area contributed by atoms with E-state index in [1.807, 2.05) is 36.4 Å². The van der Waals surface area contributed by atoms with Crippen LogP contribution in [0.4, 0.5) is 34.1 Å². The van der Waals surface area contributed by atoms with Gasteiger partial charge in [-0.3, -0.25) is 29.8 Å². The van der Waals surface area contributed by atoms with Crippen molar-refractivity contribution in [3.8, 4) is 11.3 Å². The van der Waals surface area contributed by atoms with Gasteiger partial charge < -0.3 is 30.1 Å². The topological polar surface area (TPSA) is 195 Å². The minimum Gasteiger partial charge on any atom is -0.381 e. The molecule has 5 aromatic rings. The molecule has 0 bridgehead atoms. The maximum absolute atomic E-state index is 13.9. The molecule has 3 N–H and O–H groups in total. The Morgan fingerprint density at radius 2 is 1.65 bits per heavy atom. The number of nitrogens with one attached hydrogen (secondary N) is 3. The van der Waals surface area contributed by atoms with Gasteiger partial charge in [-0.2, -0.15) is 0 Å². The second kappa shape index (κ2) is 15.9. The molecule has 1 aromatic heterocycles. The van der Waals surface area contributed by atoms with Crippen LogP contribution in [0.3, 0.4) is 0 Å². The van der Waals surface area contributed by atoms with Crippen LogP contribution in [0.2, 0.25) is 5.02 Å². The molecule has 0 unspecified atom stereocenters. The van der Waals surface area contributed by atoms with Gasteiger partial charge in [-0.25, -0.2) is 0 Å². The number of nitro benzene ring substituents is 2. The Balaban J connectivity index is 0.909. The van der Waals surface area contributed by atoms with Crippen molar-refractivity contribution >= 4 is 68.3 Å². The zero-order valence-corrected chi connectivity index (χ0v) is 29.8. The summed E-state index contributed by atoms with van der Waals surface area (Å²) in [7, 11) is 0. The minimum absolute atomic E-state index is 0.00513. The fraction of sp³-hybridized carbons (Fsp3) is 0.289. The molecule has 0 saturated carbocycles. The number of amides is 1. The number of piperidine rings is 1. The molecule has 1 saturated heterocycles. The largest absolute Gasteiger partial charge is 0.381 e. The van der Waals surface area contributed by atoms with Crippen molar-refractivity contribution in [2.45, 2.75) is 25.7 Å². The number of non-ortho nitro benzene ring substituents is 1. The van der Waals surface area contributed by atoms with Crippen molar-refractivity contribution in [1.29, 1.82) is 0 Å². The third-order valence-corrected chi connectivity index (χ3v) is 9.89. The summed E-state index contributed by atoms with van der Waals surface area (Å²) < 4.78 is 11.6. The minimum atomic E-state index is -0.675. The van der Waals surface area contributed by atoms with E-state index in [9.17, 15) is 29.8 Å². The number of benzene rings is 4. The molecule has 54 heavy (non-hydrogen) atoms. The highest BCUT2D eigenvalue weighted by Crippen LogP contribution is 2.47. The lowest BCUT2D eigenvalue weighted by Gasteiger charge is -2.33. The van der Waals surface area contributed by atoms with E-state index in [4.69, 9.17) is 20.9 Å². The van der Waals surface area contributed by atoms with Crippen LogP contribution in [-0.4, -0.2) is 66.1 Å². The highest BCUT2D eigenvalue weighted by Gasteiger charge is 2.35. The first-order chi connectivity index (χ1) is 26.2. The maximum atomic E-state index is 13.9. The van der Waals surface area contributed by atoms with Crippen molar-refractivity contribution in [1.82, 2.24) is 10.5 Å². The molecule has 4 aromatic carbocycles. The molecule has 7 rings (SSSR count). The molecular formula is C38H36ClN7O8. The predicted molar refractivity (Wildman–Crippen MR) is 204 cm³/mol. The number of carbonyl (C=O) groups excluding carboxylic acids is 2. The number of ether oxygens (including phenoxy) is 1. The Hall–Kier alpha value is -6.06. The summed E-state index contributed by atoms with van der Waals surface area (Å²) in [5.41, 5.74) is 4.10. The number of nitro groups is 2. The van der Waals surface area contributed by atoms with Crippen molar-refractivity contribution < 1.29 is 28.7 Å². The number of hydrogen-bond acceptors (Lipinski definition) is 12. The lowest BCUT2D eigenvalue weighted by molar-refractivity contribution is -0.393. The van der Waals surface area contributed by atoms with Gasteiger partial charge in [-0.15, -0.1) is 0 Å². The first-order valence-electron chi connectivity index (χ1n) is 17.6. The average Bonchev–Trinajstić information content (AvgIpc) is 3.62. The molecule has 0 radical (unpaired) electrons. The summed E-state index contributed by atoms with van der Waals surface area (Å²) in [6.45, 7) is 2.90. The van der Waals surface area contributed by atoms with Gasteiger partial charge in [0.25, 0.3) is 11.4 Å². The number of fused-ring (bicyclic) bond motifs is 2. The summed E-state index contributed by atoms with van der Waals surface area (Å²) >= 11 is 6.13. The van der Waals surface area contributed by atoms with E-state index < -0.39 is 9.85 Å². The Labute approximate surface area is 313 Å². The highest BCUT2D eigenvalue weighted by molar-refractivity contribution is 6.31. The van der Waals surface area contributed by atoms with Crippen LogP contribution in [0, 0.1) is 26.1 Å². The molecule has 1 aliphatic carbocycles. The Bertz CT molecular complexity index is 2240. The predicted octanol–water partition coefficient (Wildman–Crippen LogP) is 7.49. The normalized spacial score (nSPS) is 13.8. The van der Waals surface area contributed by atoms with Crippen LogP contribution < -0.4 is 20.9 Å². The van der Waals surface area contributed by atoms with Gasteiger partial charge in [-0.1, -0.05) is 41.0 Å². The lowest BCUT2D eigenvalue weighted by atomic mass is 9.86. The molecule has 1 aliphatic heterocycles. The van der Waals surface area contributed by atoms with Gasteiger partial charge in [-0.05, 0) is 62.1 Å². The molecular weight excluding hydrogens is 718 g/mol. The Kier molecular flexibility index (Phi) is 10.7. The number of nitrogens with zero attached hydrogens (tertiary/aromatic N) is 4. The lowest BCUT2D eigenvalue weighted by Crippen LogP contribution is -2.41. The number of aromatic nitrogens is 1. The SMILES string of the molecule is O=C1c2ccccc2-c2onc3c(N4CCC(C(=O)NCCCOCCCNc5ccc([N+](=O)[O-])cc5[N+](=O)[O-])CC4)cc(Nc4ccc(Cl)cc4)c1c23. The summed E-state index contributed by atoms with van der Waals surface area (Å²) in [5, 5.41) is 37.4. The first-order valence-corrected chi connectivity index (χ1v) is 18.0. The van der Waals surface area contributed by atoms with Crippen LogP contribution in [0.5, 0.6) is 0 Å². The van der Waals surface area contributed by atoms with E-state index in [1.165, 1.54) is 12.1 Å². The van der Waals surface area contributed by atoms with Crippen molar-refractivity contribution in [3.05, 3.63) is 109 Å². The Morgan fingerprint density at radius 1 is 0.926 bits per heavy atom. The van der Waals surface area contributed by atoms with E-state index >= 15 is 0 Å². The molecule has 0 spiro atoms. The average molecular weight is 754 g/mol. The van der Waals surface area contributed by atoms with Crippen LogP contribution in [0.15, 0.2) is 77.3 Å². The summed E-state index contributed by atoms with van der Waals surface area (Å²) in [5.74, 6) is 0.285. The Morgan fingerprint density at radius 3 is 2.37 bits per heavy atom. The third-order valence-electron chi connectivity index (χ3n) is 9.64. The number of anilines is 4. The van der Waals surface area contributed by atoms with Gasteiger partial charge >= 0.3 is 0 Å². The summed E-state index contributed by atoms with van der Waals surface area (Å²) in [6.07, 6.45) is 2.46. The molecule has 1 amide bonds. The molecule has 15 nitrogen and oxygen atoms in total. The van der Waals surface area contributed by atoms with Crippen molar-refractivity contribution in [3.63, 3.8) is 0 Å². The third kappa shape index (κ3) is 7.54. The van der Waals surface area contributed by atoms with E-state index in [-0.39, 0.29) is 34.7 Å². The highest BCUT2D eigenvalue weighted by atomic mass is 35.5. The van der Waals surface area contributed by atoms with E-state index in [1.54, 1.807) is 18.2 Å². The van der Waals surface area contributed by atoms with Gasteiger partial charge in [0, 0.05) is 73.2 Å². The number of carbonyl (C=O) groups is 2. The molecule has 0 atom stereocenters. The molecule has 16 heteroatoms. The van der Waals surface area contributed by atoms with Gasteiger partial charge in [0.15, 0.2) is 11.5 Å². The maximum Gasteiger partial charge on any atom is 0.299 e. The first kappa shape index (κ1) is 36.3. The fourth-order valence-electron chi connectivity index (χ4n) is 6.92. The fourth-order valence-corrected chi connectivity index (χ4v) is 7.04. The van der Waals surface area contributed by atoms with E-state index in [0.29, 0.717) is 109 Å². The van der Waals surface area contributed by atoms with Crippen LogP contribution >= 0.6 is 11.6 Å². The molecule has 278 valence electrons. The van der Waals surface area contributed by atoms with Crippen LogP contribution in [0.1, 0.15) is 41.6 Å². The van der Waals surface area contributed by atoms with E-state index in [0.717, 1.165) is 17.4 Å². The summed E-state index contributed by atoms with van der Waals surface area (Å²) in [6, 6.07) is 20.1. The molecule has 1 fully saturated rings. The van der Waals surface area contributed by atoms with Crippen molar-refractivity contribution in [2.24, 2.45) is 5.92 Å². The van der Waals surface area contributed by atoms with Gasteiger partial charge in [0.1, 0.15) is 11.2 Å². The quantitative estimate of drug-likeness (QED) is 0.0532. The monoisotopic (exact) mass is 753 g/mol. The number of halogens is 1. The van der Waals surface area contributed by atoms with Crippen LogP contribution in [-0.2, 0) is 9.53 Å². The molecule has 2 heterocycles. The van der Waals surface area contributed by atoms with Gasteiger partial charge in [0.05, 0.1) is 38.2 Å². The van der Waals surface area contributed by atoms with Crippen LogP contribution in [0.25, 0.3) is 22.2 Å². The second-order valence-corrected chi connectivity index (χ2v) is 13.5. The number of hydrogen-bond donors (Lipinski definition) is 3. The smallest absolute Gasteiger partial charge is 0.299 e. The zero-order chi connectivity index (χ0) is 37.8. The number of ketones is 1. The second-order valence-electron chi connectivity index (χ2n) is 13.1. The van der Waals surface area contributed by atoms with Crippen molar-refractivity contribution in [2.75, 3.05) is 54.9 Å².